The van der Waals surface area contributed by atoms with Gasteiger partial charge >= 0.3 is 0 Å². The quantitative estimate of drug-likeness (QED) is 0.175. The van der Waals surface area contributed by atoms with Crippen LogP contribution in [0.2, 0.25) is 0 Å². The largest absolute Gasteiger partial charge is 0.457 e. The molecule has 2 aliphatic carbocycles. The van der Waals surface area contributed by atoms with E-state index in [9.17, 15) is 0 Å². The first-order chi connectivity index (χ1) is 25.8. The molecule has 0 aliphatic heterocycles. The smallest absolute Gasteiger partial charge is 0.135 e. The van der Waals surface area contributed by atoms with Gasteiger partial charge in [-0.15, -0.1) is 0 Å². The van der Waals surface area contributed by atoms with Gasteiger partial charge in [-0.05, 0) is 148 Å². The van der Waals surface area contributed by atoms with E-state index in [4.69, 9.17) is 9.47 Å². The molecule has 0 amide bonds. The van der Waals surface area contributed by atoms with Crippen LogP contribution in [0.15, 0.2) is 170 Å². The first kappa shape index (κ1) is 27.9. The summed E-state index contributed by atoms with van der Waals surface area (Å²) in [4.78, 5) is 0. The monoisotopic (exact) mass is 660 g/mol. The summed E-state index contributed by atoms with van der Waals surface area (Å²) >= 11 is 0. The third-order valence-corrected chi connectivity index (χ3v) is 11.2. The van der Waals surface area contributed by atoms with Gasteiger partial charge in [0.2, 0.25) is 0 Å². The number of rotatable bonds is 4. The Kier molecular flexibility index (Phi) is 5.53. The van der Waals surface area contributed by atoms with E-state index in [1.807, 2.05) is 60.7 Å². The zero-order chi connectivity index (χ0) is 33.9. The molecule has 0 unspecified atom stereocenters. The molecule has 0 N–H and O–H groups in total. The summed E-state index contributed by atoms with van der Waals surface area (Å²) < 4.78 is 13.7. The molecular weight excluding hydrogens is 633 g/mol. The molecule has 10 aromatic rings. The normalized spacial score (nSPS) is 12.2. The summed E-state index contributed by atoms with van der Waals surface area (Å²) in [6, 6.07) is 60.8. The molecule has 52 heavy (non-hydrogen) atoms. The molecule has 0 saturated carbocycles. The van der Waals surface area contributed by atoms with Crippen molar-refractivity contribution in [1.82, 2.24) is 0 Å². The maximum atomic E-state index is 6.84. The van der Waals surface area contributed by atoms with Crippen molar-refractivity contribution in [3.8, 4) is 67.5 Å². The number of fused-ring (bicyclic) bond motifs is 11. The first-order valence-corrected chi connectivity index (χ1v) is 17.8. The Morgan fingerprint density at radius 1 is 0.250 bits per heavy atom. The van der Waals surface area contributed by atoms with Crippen molar-refractivity contribution in [2.45, 2.75) is 0 Å². The number of benzene rings is 10. The second-order valence-corrected chi connectivity index (χ2v) is 14.0. The van der Waals surface area contributed by atoms with Gasteiger partial charge in [-0.1, -0.05) is 109 Å². The molecule has 0 spiro atoms. The van der Waals surface area contributed by atoms with Crippen molar-refractivity contribution in [1.29, 1.82) is 0 Å². The molecule has 240 valence electrons. The zero-order valence-electron chi connectivity index (χ0n) is 28.0. The predicted molar refractivity (Wildman–Crippen MR) is 216 cm³/mol. The molecule has 10 aromatic carbocycles. The molecule has 0 heterocycles. The minimum atomic E-state index is 0.811. The second kappa shape index (κ2) is 10.3. The van der Waals surface area contributed by atoms with Gasteiger partial charge in [0.1, 0.15) is 23.0 Å². The number of hydrogen-bond donors (Lipinski definition) is 0. The lowest BCUT2D eigenvalue weighted by Crippen LogP contribution is -1.93. The SMILES string of the molecule is c1ccc(Oc2cc3c4cc5c(cc4c(Oc4ccccc4)cc3c3cc4c(cc23)-c2cccc3cccc-4c23)-c2cccc3cccc-5c23)cc1. The van der Waals surface area contributed by atoms with Gasteiger partial charge in [-0.25, -0.2) is 0 Å². The predicted octanol–water partition coefficient (Wildman–Crippen LogP) is 14.3. The topological polar surface area (TPSA) is 18.5 Å². The number of ether oxygens (including phenoxy) is 2. The molecule has 0 radical (unpaired) electrons. The molecule has 2 aliphatic rings. The minimum Gasteiger partial charge on any atom is -0.457 e. The highest BCUT2D eigenvalue weighted by atomic mass is 16.5. The van der Waals surface area contributed by atoms with Crippen LogP contribution in [0.4, 0.5) is 0 Å². The van der Waals surface area contributed by atoms with Crippen LogP contribution in [0, 0.1) is 0 Å². The van der Waals surface area contributed by atoms with Crippen molar-refractivity contribution >= 4 is 53.9 Å². The lowest BCUT2D eigenvalue weighted by atomic mass is 9.90. The highest BCUT2D eigenvalue weighted by Gasteiger charge is 2.27. The maximum absolute atomic E-state index is 6.84. The average molecular weight is 661 g/mol. The Morgan fingerprint density at radius 3 is 0.942 bits per heavy atom. The fourth-order valence-electron chi connectivity index (χ4n) is 8.94. The Bertz CT molecular complexity index is 2930. The van der Waals surface area contributed by atoms with E-state index in [0.717, 1.165) is 55.3 Å². The molecule has 0 aromatic heterocycles. The lowest BCUT2D eigenvalue weighted by Gasteiger charge is -2.18. The van der Waals surface area contributed by atoms with Crippen molar-refractivity contribution in [3.63, 3.8) is 0 Å². The van der Waals surface area contributed by atoms with Crippen LogP contribution in [0.5, 0.6) is 23.0 Å². The molecule has 2 heteroatoms. The summed E-state index contributed by atoms with van der Waals surface area (Å²) in [5, 5.41) is 11.8. The maximum Gasteiger partial charge on any atom is 0.135 e. The molecule has 12 rings (SSSR count). The van der Waals surface area contributed by atoms with Crippen molar-refractivity contribution in [2.75, 3.05) is 0 Å². The van der Waals surface area contributed by atoms with E-state index in [-0.39, 0.29) is 0 Å². The van der Waals surface area contributed by atoms with Gasteiger partial charge in [0.15, 0.2) is 0 Å². The van der Waals surface area contributed by atoms with Crippen LogP contribution in [0.3, 0.4) is 0 Å². The zero-order valence-corrected chi connectivity index (χ0v) is 28.0. The third-order valence-electron chi connectivity index (χ3n) is 11.2. The molecule has 0 saturated heterocycles. The summed E-state index contributed by atoms with van der Waals surface area (Å²) in [6.07, 6.45) is 0. The van der Waals surface area contributed by atoms with Crippen molar-refractivity contribution in [2.24, 2.45) is 0 Å². The highest BCUT2D eigenvalue weighted by Crippen LogP contribution is 2.54. The van der Waals surface area contributed by atoms with Crippen LogP contribution >= 0.6 is 0 Å². The summed E-state index contributed by atoms with van der Waals surface area (Å²) in [5.41, 5.74) is 10.1. The fourth-order valence-corrected chi connectivity index (χ4v) is 8.94. The van der Waals surface area contributed by atoms with Crippen LogP contribution in [0.1, 0.15) is 0 Å². The Morgan fingerprint density at radius 2 is 0.577 bits per heavy atom. The van der Waals surface area contributed by atoms with Crippen molar-refractivity contribution in [3.05, 3.63) is 170 Å². The van der Waals surface area contributed by atoms with E-state index in [0.29, 0.717) is 0 Å². The van der Waals surface area contributed by atoms with Crippen LogP contribution < -0.4 is 9.47 Å². The number of para-hydroxylation sites is 2. The van der Waals surface area contributed by atoms with Gasteiger partial charge in [0.25, 0.3) is 0 Å². The Hall–Kier alpha value is -6.90. The second-order valence-electron chi connectivity index (χ2n) is 14.0. The van der Waals surface area contributed by atoms with Gasteiger partial charge in [0, 0.05) is 10.8 Å². The van der Waals surface area contributed by atoms with E-state index in [1.54, 1.807) is 0 Å². The number of hydrogen-bond acceptors (Lipinski definition) is 2. The fraction of sp³-hybridized carbons (Fsp3) is 0. The van der Waals surface area contributed by atoms with E-state index in [1.165, 1.54) is 66.1 Å². The van der Waals surface area contributed by atoms with Gasteiger partial charge in [-0.3, -0.25) is 0 Å². The molecule has 0 bridgehead atoms. The highest BCUT2D eigenvalue weighted by molar-refractivity contribution is 6.26. The third kappa shape index (κ3) is 3.84. The van der Waals surface area contributed by atoms with E-state index < -0.39 is 0 Å². The summed E-state index contributed by atoms with van der Waals surface area (Å²) in [5.74, 6) is 3.29. The Labute approximate surface area is 299 Å². The van der Waals surface area contributed by atoms with Gasteiger partial charge in [0.05, 0.1) is 0 Å². The summed E-state index contributed by atoms with van der Waals surface area (Å²) in [6.45, 7) is 0. The summed E-state index contributed by atoms with van der Waals surface area (Å²) in [7, 11) is 0. The minimum absolute atomic E-state index is 0.811. The van der Waals surface area contributed by atoms with E-state index in [2.05, 4.69) is 109 Å². The van der Waals surface area contributed by atoms with E-state index >= 15 is 0 Å². The first-order valence-electron chi connectivity index (χ1n) is 17.8. The van der Waals surface area contributed by atoms with Crippen LogP contribution in [-0.2, 0) is 0 Å². The van der Waals surface area contributed by atoms with Gasteiger partial charge in [-0.2, -0.15) is 0 Å². The van der Waals surface area contributed by atoms with Gasteiger partial charge < -0.3 is 9.47 Å². The van der Waals surface area contributed by atoms with Crippen molar-refractivity contribution < 1.29 is 9.47 Å². The molecule has 2 nitrogen and oxygen atoms in total. The van der Waals surface area contributed by atoms with Crippen LogP contribution in [0.25, 0.3) is 98.4 Å². The molecule has 0 atom stereocenters. The Balaban J connectivity index is 1.22. The standard InChI is InChI=1S/C50H28O2/c1-3-15-31(16-4-1)51-47-27-43-42-24-38-34-20-8-12-30-14-10-22-36(50(30)34)40(38)26-46(42)48(52-32-17-5-2-6-18-32)28-44(43)41-23-37-33-19-7-11-29-13-9-21-35(49(29)33)39(37)25-45(41)47/h1-28H. The average Bonchev–Trinajstić information content (AvgIpc) is 3.69. The molecule has 0 fully saturated rings. The lowest BCUT2D eigenvalue weighted by molar-refractivity contribution is 0.488. The molecular formula is C50H28O2. The van der Waals surface area contributed by atoms with Crippen LogP contribution in [-0.4, -0.2) is 0 Å².